The zero-order valence-corrected chi connectivity index (χ0v) is 28.6. The molecule has 3 aliphatic rings. The van der Waals surface area contributed by atoms with Crippen molar-refractivity contribution in [3.8, 4) is 22.6 Å². The molecule has 5 heteroatoms. The van der Waals surface area contributed by atoms with Crippen molar-refractivity contribution < 1.29 is 9.15 Å². The normalized spacial score (nSPS) is 14.4. The lowest BCUT2D eigenvalue weighted by Crippen LogP contribution is -2.57. The highest BCUT2D eigenvalue weighted by Gasteiger charge is 2.47. The monoisotopic (exact) mass is 634 g/mol. The standard InChI is InChI=1S/C44H35BN2O2/c1-43(2,3)24-18-19-31-27(20-24)28-21-25(44(4,5)6)22-29-39-38-26-12-7-9-15-34(26)48-37(38)23-33-40(39)45(47(31)41(28)29)30-13-11-17-36-42(30)46(33)32-14-8-10-16-35(32)49-36/h7-23H,1-6H3. The van der Waals surface area contributed by atoms with Crippen LogP contribution in [0.1, 0.15) is 52.7 Å². The Hall–Kier alpha value is -5.42. The van der Waals surface area contributed by atoms with E-state index < -0.39 is 0 Å². The minimum atomic E-state index is -0.0587. The Labute approximate surface area is 285 Å². The van der Waals surface area contributed by atoms with Crippen LogP contribution in [0, 0.1) is 0 Å². The van der Waals surface area contributed by atoms with Gasteiger partial charge in [-0.1, -0.05) is 90.1 Å². The second-order valence-corrected chi connectivity index (χ2v) is 16.2. The van der Waals surface area contributed by atoms with E-state index in [0.29, 0.717) is 0 Å². The predicted molar refractivity (Wildman–Crippen MR) is 205 cm³/mol. The number of hydrogen-bond acceptors (Lipinski definition) is 3. The van der Waals surface area contributed by atoms with E-state index in [-0.39, 0.29) is 17.7 Å². The minimum absolute atomic E-state index is 0.0276. The molecule has 4 nitrogen and oxygen atoms in total. The summed E-state index contributed by atoms with van der Waals surface area (Å²) in [6, 6.07) is 37.9. The fourth-order valence-electron chi connectivity index (χ4n) is 8.89. The number of hydrogen-bond donors (Lipinski definition) is 0. The Morgan fingerprint density at radius 2 is 1.37 bits per heavy atom. The van der Waals surface area contributed by atoms with Crippen LogP contribution in [0.2, 0.25) is 0 Å². The van der Waals surface area contributed by atoms with Gasteiger partial charge >= 0.3 is 6.85 Å². The summed E-state index contributed by atoms with van der Waals surface area (Å²) in [6.07, 6.45) is 0. The quantitative estimate of drug-likeness (QED) is 0.156. The molecule has 0 fully saturated rings. The van der Waals surface area contributed by atoms with Gasteiger partial charge in [0.2, 0.25) is 0 Å². The molecule has 0 saturated carbocycles. The third-order valence-electron chi connectivity index (χ3n) is 11.2. The average Bonchev–Trinajstić information content (AvgIpc) is 3.62. The van der Waals surface area contributed by atoms with Gasteiger partial charge in [-0.05, 0) is 87.0 Å². The van der Waals surface area contributed by atoms with Crippen LogP contribution in [0.3, 0.4) is 0 Å². The first kappa shape index (κ1) is 27.5. The number of ether oxygens (including phenoxy) is 1. The molecule has 11 rings (SSSR count). The van der Waals surface area contributed by atoms with Crippen molar-refractivity contribution in [3.63, 3.8) is 0 Å². The van der Waals surface area contributed by atoms with Gasteiger partial charge in [-0.15, -0.1) is 0 Å². The molecule has 0 amide bonds. The Morgan fingerprint density at radius 3 is 2.20 bits per heavy atom. The molecule has 0 radical (unpaired) electrons. The minimum Gasteiger partial charge on any atom is -0.456 e. The molecule has 0 saturated heterocycles. The van der Waals surface area contributed by atoms with E-state index in [2.05, 4.69) is 154 Å². The fourth-order valence-corrected chi connectivity index (χ4v) is 8.89. The zero-order chi connectivity index (χ0) is 33.1. The van der Waals surface area contributed by atoms with Gasteiger partial charge in [-0.3, -0.25) is 0 Å². The number of furan rings is 1. The van der Waals surface area contributed by atoms with Crippen LogP contribution in [0.15, 0.2) is 108 Å². The van der Waals surface area contributed by atoms with Crippen LogP contribution in [-0.4, -0.2) is 11.3 Å². The highest BCUT2D eigenvalue weighted by molar-refractivity contribution is 6.90. The van der Waals surface area contributed by atoms with Crippen LogP contribution in [0.4, 0.5) is 17.1 Å². The van der Waals surface area contributed by atoms with E-state index in [1.165, 1.54) is 60.4 Å². The highest BCUT2D eigenvalue weighted by atomic mass is 16.5. The van der Waals surface area contributed by atoms with Gasteiger partial charge in [0.15, 0.2) is 11.5 Å². The molecule has 0 N–H and O–H groups in total. The van der Waals surface area contributed by atoms with Crippen molar-refractivity contribution in [2.24, 2.45) is 0 Å². The molecule has 236 valence electrons. The summed E-state index contributed by atoms with van der Waals surface area (Å²) in [4.78, 5) is 2.44. The summed E-state index contributed by atoms with van der Waals surface area (Å²) in [5.74, 6) is 1.74. The van der Waals surface area contributed by atoms with Gasteiger partial charge in [-0.25, -0.2) is 0 Å². The van der Waals surface area contributed by atoms with Crippen LogP contribution >= 0.6 is 0 Å². The van der Waals surface area contributed by atoms with Crippen molar-refractivity contribution in [2.75, 3.05) is 4.90 Å². The number of aromatic nitrogens is 1. The van der Waals surface area contributed by atoms with E-state index in [1.807, 2.05) is 0 Å². The fraction of sp³-hybridized carbons (Fsp3) is 0.182. The Kier molecular flexibility index (Phi) is 4.93. The molecule has 49 heavy (non-hydrogen) atoms. The van der Waals surface area contributed by atoms with Gasteiger partial charge in [0, 0.05) is 49.9 Å². The number of para-hydroxylation sites is 4. The van der Waals surface area contributed by atoms with Crippen molar-refractivity contribution in [2.45, 2.75) is 52.4 Å². The lowest BCUT2D eigenvalue weighted by molar-refractivity contribution is 0.477. The maximum atomic E-state index is 6.77. The van der Waals surface area contributed by atoms with Crippen molar-refractivity contribution >= 4 is 78.6 Å². The molecule has 0 unspecified atom stereocenters. The first-order valence-electron chi connectivity index (χ1n) is 17.4. The largest absolute Gasteiger partial charge is 0.456 e. The van der Waals surface area contributed by atoms with E-state index in [0.717, 1.165) is 45.1 Å². The summed E-state index contributed by atoms with van der Waals surface area (Å²) in [7, 11) is 0. The van der Waals surface area contributed by atoms with E-state index in [4.69, 9.17) is 9.15 Å². The Balaban J connectivity index is 1.40. The molecular weight excluding hydrogens is 599 g/mol. The summed E-state index contributed by atoms with van der Waals surface area (Å²) in [5, 5.41) is 4.98. The van der Waals surface area contributed by atoms with E-state index in [9.17, 15) is 0 Å². The molecule has 0 aliphatic carbocycles. The molecule has 3 aliphatic heterocycles. The molecule has 6 aromatic carbocycles. The topological polar surface area (TPSA) is 30.5 Å². The highest BCUT2D eigenvalue weighted by Crippen LogP contribution is 2.55. The first-order valence-corrected chi connectivity index (χ1v) is 17.4. The van der Waals surface area contributed by atoms with Crippen molar-refractivity contribution in [1.82, 2.24) is 4.48 Å². The zero-order valence-electron chi connectivity index (χ0n) is 28.6. The predicted octanol–water partition coefficient (Wildman–Crippen LogP) is 10.8. The maximum absolute atomic E-state index is 6.77. The van der Waals surface area contributed by atoms with Gasteiger partial charge in [-0.2, -0.15) is 0 Å². The van der Waals surface area contributed by atoms with Gasteiger partial charge < -0.3 is 18.5 Å². The SMILES string of the molecule is CC(C)(C)c1ccc2c(c1)c1cc(C(C)(C)C)cc3c1n2B1c2cccc4c2N(c2ccccc2O4)c2cc4oc5ccccc5c4c-3c21. The molecule has 0 atom stereocenters. The Bertz CT molecular complexity index is 2790. The van der Waals surface area contributed by atoms with Crippen molar-refractivity contribution in [3.05, 3.63) is 114 Å². The number of anilines is 3. The first-order chi connectivity index (χ1) is 23.6. The summed E-state index contributed by atoms with van der Waals surface area (Å²) < 4.78 is 16.1. The molecule has 0 bridgehead atoms. The third kappa shape index (κ3) is 3.40. The Morgan fingerprint density at radius 1 is 0.612 bits per heavy atom. The smallest absolute Gasteiger partial charge is 0.333 e. The van der Waals surface area contributed by atoms with Crippen LogP contribution in [0.5, 0.6) is 11.5 Å². The third-order valence-corrected chi connectivity index (χ3v) is 11.2. The number of nitrogens with zero attached hydrogens (tertiary/aromatic N) is 2. The second-order valence-electron chi connectivity index (χ2n) is 16.2. The lowest BCUT2D eigenvalue weighted by atomic mass is 9.44. The maximum Gasteiger partial charge on any atom is 0.333 e. The van der Waals surface area contributed by atoms with Gasteiger partial charge in [0.1, 0.15) is 11.2 Å². The summed E-state index contributed by atoms with van der Waals surface area (Å²) in [5.41, 5.74) is 15.5. The second kappa shape index (κ2) is 8.78. The van der Waals surface area contributed by atoms with Gasteiger partial charge in [0.05, 0.1) is 11.4 Å². The van der Waals surface area contributed by atoms with Crippen LogP contribution < -0.4 is 20.6 Å². The molecule has 2 aromatic heterocycles. The summed E-state index contributed by atoms with van der Waals surface area (Å²) >= 11 is 0. The van der Waals surface area contributed by atoms with Crippen molar-refractivity contribution in [1.29, 1.82) is 0 Å². The number of benzene rings is 6. The molecule has 5 heterocycles. The molecular formula is C44H35BN2O2. The number of rotatable bonds is 0. The molecule has 0 spiro atoms. The van der Waals surface area contributed by atoms with Crippen LogP contribution in [0.25, 0.3) is 54.9 Å². The molecule has 8 aromatic rings. The number of fused-ring (bicyclic) bond motifs is 13. The van der Waals surface area contributed by atoms with Crippen LogP contribution in [-0.2, 0) is 10.8 Å². The van der Waals surface area contributed by atoms with E-state index >= 15 is 0 Å². The lowest BCUT2D eigenvalue weighted by Gasteiger charge is -2.43. The summed E-state index contributed by atoms with van der Waals surface area (Å²) in [6.45, 7) is 13.9. The van der Waals surface area contributed by atoms with E-state index in [1.54, 1.807) is 0 Å². The van der Waals surface area contributed by atoms with Gasteiger partial charge in [0.25, 0.3) is 0 Å². The average molecular weight is 635 g/mol.